The number of ether oxygens (including phenoxy) is 2. The third-order valence-corrected chi connectivity index (χ3v) is 8.38. The molecule has 0 spiro atoms. The lowest BCUT2D eigenvalue weighted by Crippen LogP contribution is -2.39. The Hall–Kier alpha value is -2.13. The molecule has 0 radical (unpaired) electrons. The summed E-state index contributed by atoms with van der Waals surface area (Å²) in [6.45, 7) is 5.28. The van der Waals surface area contributed by atoms with Gasteiger partial charge in [-0.1, -0.05) is 6.92 Å². The highest BCUT2D eigenvalue weighted by Crippen LogP contribution is 2.36. The van der Waals surface area contributed by atoms with E-state index in [-0.39, 0.29) is 0 Å². The Balaban J connectivity index is 1.47. The Labute approximate surface area is 178 Å². The van der Waals surface area contributed by atoms with Crippen molar-refractivity contribution in [3.63, 3.8) is 0 Å². The fourth-order valence-corrected chi connectivity index (χ4v) is 6.29. The van der Waals surface area contributed by atoms with Crippen molar-refractivity contribution < 1.29 is 17.9 Å². The van der Waals surface area contributed by atoms with E-state index in [1.165, 1.54) is 0 Å². The van der Waals surface area contributed by atoms with Gasteiger partial charge in [0.15, 0.2) is 11.5 Å². The van der Waals surface area contributed by atoms with Crippen LogP contribution >= 0.6 is 0 Å². The number of aromatic nitrogens is 2. The fourth-order valence-electron chi connectivity index (χ4n) is 4.67. The maximum Gasteiger partial charge on any atom is 0.214 e. The van der Waals surface area contributed by atoms with Gasteiger partial charge in [-0.3, -0.25) is 0 Å². The van der Waals surface area contributed by atoms with Gasteiger partial charge in [0.05, 0.1) is 25.5 Å². The van der Waals surface area contributed by atoms with Crippen molar-refractivity contribution in [3.05, 3.63) is 18.5 Å². The molecule has 164 valence electrons. The van der Waals surface area contributed by atoms with E-state index in [4.69, 9.17) is 9.47 Å². The predicted molar refractivity (Wildman–Crippen MR) is 117 cm³/mol. The number of sulfonamides is 1. The number of rotatable bonds is 6. The zero-order chi connectivity index (χ0) is 21.3. The maximum atomic E-state index is 12.1. The molecule has 0 amide bonds. The summed E-state index contributed by atoms with van der Waals surface area (Å²) >= 11 is 0. The summed E-state index contributed by atoms with van der Waals surface area (Å²) in [6, 6.07) is 3.82. The normalized spacial score (nSPS) is 21.1. The van der Waals surface area contributed by atoms with Gasteiger partial charge in [-0.05, 0) is 37.2 Å². The lowest BCUT2D eigenvalue weighted by Gasteiger charge is -2.36. The lowest BCUT2D eigenvalue weighted by atomic mass is 9.85. The van der Waals surface area contributed by atoms with Gasteiger partial charge in [-0.15, -0.1) is 0 Å². The quantitative estimate of drug-likeness (QED) is 0.691. The van der Waals surface area contributed by atoms with Gasteiger partial charge in [0.25, 0.3) is 0 Å². The molecule has 0 saturated carbocycles. The number of piperidine rings is 1. The van der Waals surface area contributed by atoms with Crippen LogP contribution in [0.2, 0.25) is 0 Å². The van der Waals surface area contributed by atoms with Crippen LogP contribution in [0.1, 0.15) is 26.2 Å². The Kier molecular flexibility index (Phi) is 6.02. The Morgan fingerprint density at radius 3 is 2.43 bits per heavy atom. The molecule has 1 aromatic carbocycles. The van der Waals surface area contributed by atoms with E-state index < -0.39 is 10.0 Å². The van der Waals surface area contributed by atoms with Gasteiger partial charge < -0.3 is 14.4 Å². The first-order chi connectivity index (χ1) is 14.4. The number of benzene rings is 1. The molecular weight excluding hydrogens is 404 g/mol. The average molecular weight is 435 g/mol. The maximum absolute atomic E-state index is 12.1. The Bertz CT molecular complexity index is 1010. The molecule has 30 heavy (non-hydrogen) atoms. The standard InChI is InChI=1S/C21H30N4O4S/c1-15(13-25-7-4-10-30(25,26)27)16-5-8-24(9-6-16)21-17-11-19(28-2)20(29-3)12-18(17)22-14-23-21/h11-12,14-16H,4-10,13H2,1-3H3. The number of anilines is 1. The highest BCUT2D eigenvalue weighted by Gasteiger charge is 2.32. The minimum absolute atomic E-state index is 0.299. The zero-order valence-corrected chi connectivity index (χ0v) is 18.7. The molecule has 0 N–H and O–H groups in total. The van der Waals surface area contributed by atoms with E-state index in [2.05, 4.69) is 21.8 Å². The van der Waals surface area contributed by atoms with Crippen LogP contribution in [0.15, 0.2) is 18.5 Å². The van der Waals surface area contributed by atoms with Crippen molar-refractivity contribution in [2.75, 3.05) is 51.1 Å². The van der Waals surface area contributed by atoms with Gasteiger partial charge >= 0.3 is 0 Å². The van der Waals surface area contributed by atoms with E-state index in [1.54, 1.807) is 24.9 Å². The lowest BCUT2D eigenvalue weighted by molar-refractivity contribution is 0.248. The molecule has 2 aromatic rings. The Morgan fingerprint density at radius 1 is 1.10 bits per heavy atom. The summed E-state index contributed by atoms with van der Waals surface area (Å²) < 4.78 is 36.8. The van der Waals surface area contributed by atoms with Crippen LogP contribution < -0.4 is 14.4 Å². The summed E-state index contributed by atoms with van der Waals surface area (Å²) in [6.07, 6.45) is 4.39. The number of nitrogens with zero attached hydrogens (tertiary/aromatic N) is 4. The second-order valence-electron chi connectivity index (χ2n) is 8.25. The highest BCUT2D eigenvalue weighted by atomic mass is 32.2. The van der Waals surface area contributed by atoms with Gasteiger partial charge in [-0.2, -0.15) is 0 Å². The number of methoxy groups -OCH3 is 2. The molecule has 1 atom stereocenters. The largest absolute Gasteiger partial charge is 0.493 e. The minimum atomic E-state index is -3.03. The minimum Gasteiger partial charge on any atom is -0.493 e. The van der Waals surface area contributed by atoms with Gasteiger partial charge in [0.1, 0.15) is 12.1 Å². The van der Waals surface area contributed by atoms with Crippen molar-refractivity contribution in [2.45, 2.75) is 26.2 Å². The molecule has 2 aliphatic rings. The van der Waals surface area contributed by atoms with Crippen LogP contribution in [-0.4, -0.2) is 68.8 Å². The van der Waals surface area contributed by atoms with Gasteiger partial charge in [-0.25, -0.2) is 22.7 Å². The van der Waals surface area contributed by atoms with E-state index in [0.29, 0.717) is 42.2 Å². The number of fused-ring (bicyclic) bond motifs is 1. The smallest absolute Gasteiger partial charge is 0.214 e. The first-order valence-electron chi connectivity index (χ1n) is 10.5. The molecule has 0 aliphatic carbocycles. The zero-order valence-electron chi connectivity index (χ0n) is 17.9. The molecule has 2 fully saturated rings. The molecular formula is C21H30N4O4S. The van der Waals surface area contributed by atoms with Crippen LogP contribution in [0.5, 0.6) is 11.5 Å². The first-order valence-corrected chi connectivity index (χ1v) is 12.1. The van der Waals surface area contributed by atoms with E-state index in [9.17, 15) is 8.42 Å². The molecule has 0 bridgehead atoms. The summed E-state index contributed by atoms with van der Waals surface area (Å²) in [7, 11) is 0.214. The van der Waals surface area contributed by atoms with Gasteiger partial charge in [0.2, 0.25) is 10.0 Å². The fraction of sp³-hybridized carbons (Fsp3) is 0.619. The van der Waals surface area contributed by atoms with Crippen LogP contribution in [0.3, 0.4) is 0 Å². The molecule has 1 unspecified atom stereocenters. The molecule has 9 heteroatoms. The van der Waals surface area contributed by atoms with Crippen LogP contribution in [0, 0.1) is 11.8 Å². The van der Waals surface area contributed by atoms with Crippen molar-refractivity contribution in [1.29, 1.82) is 0 Å². The highest BCUT2D eigenvalue weighted by molar-refractivity contribution is 7.89. The molecule has 3 heterocycles. The Morgan fingerprint density at radius 2 is 1.80 bits per heavy atom. The van der Waals surface area contributed by atoms with E-state index >= 15 is 0 Å². The molecule has 2 saturated heterocycles. The van der Waals surface area contributed by atoms with Crippen molar-refractivity contribution in [1.82, 2.24) is 14.3 Å². The molecule has 2 aliphatic heterocycles. The predicted octanol–water partition coefficient (Wildman–Crippen LogP) is 2.54. The third-order valence-electron chi connectivity index (χ3n) is 6.46. The topological polar surface area (TPSA) is 84.9 Å². The summed E-state index contributed by atoms with van der Waals surface area (Å²) in [5, 5.41) is 0.949. The summed E-state index contributed by atoms with van der Waals surface area (Å²) in [4.78, 5) is 11.3. The second-order valence-corrected chi connectivity index (χ2v) is 10.3. The van der Waals surface area contributed by atoms with Gasteiger partial charge in [0, 0.05) is 37.6 Å². The molecule has 1 aromatic heterocycles. The third kappa shape index (κ3) is 4.05. The SMILES string of the molecule is COc1cc2ncnc(N3CCC(C(C)CN4CCCS4(=O)=O)CC3)c2cc1OC. The van der Waals surface area contributed by atoms with E-state index in [0.717, 1.165) is 49.1 Å². The molecule has 4 rings (SSSR count). The monoisotopic (exact) mass is 434 g/mol. The average Bonchev–Trinajstić information content (AvgIpc) is 3.09. The number of hydrogen-bond acceptors (Lipinski definition) is 7. The van der Waals surface area contributed by atoms with Crippen LogP contribution in [0.25, 0.3) is 10.9 Å². The van der Waals surface area contributed by atoms with Crippen LogP contribution in [-0.2, 0) is 10.0 Å². The van der Waals surface area contributed by atoms with Crippen molar-refractivity contribution in [3.8, 4) is 11.5 Å². The summed E-state index contributed by atoms with van der Waals surface area (Å²) in [5.41, 5.74) is 0.826. The van der Waals surface area contributed by atoms with Crippen LogP contribution in [0.4, 0.5) is 5.82 Å². The van der Waals surface area contributed by atoms with Crippen molar-refractivity contribution in [2.24, 2.45) is 11.8 Å². The number of hydrogen-bond donors (Lipinski definition) is 0. The van der Waals surface area contributed by atoms with Crippen molar-refractivity contribution >= 4 is 26.7 Å². The second kappa shape index (κ2) is 8.55. The first kappa shape index (κ1) is 21.1. The summed E-state index contributed by atoms with van der Waals surface area (Å²) in [5.74, 6) is 3.39. The molecule has 8 nitrogen and oxygen atoms in total. The van der Waals surface area contributed by atoms with E-state index in [1.807, 2.05) is 12.1 Å².